The second-order valence-corrected chi connectivity index (χ2v) is 7.38. The molecule has 2 aromatic carbocycles. The molecule has 1 aliphatic heterocycles. The first-order chi connectivity index (χ1) is 12.0. The summed E-state index contributed by atoms with van der Waals surface area (Å²) in [5, 5.41) is 3.11. The Bertz CT molecular complexity index is 917. The molecule has 0 aromatic heterocycles. The second kappa shape index (κ2) is 7.78. The minimum atomic E-state index is -0.175. The van der Waals surface area contributed by atoms with Crippen LogP contribution in [0.3, 0.4) is 0 Å². The van der Waals surface area contributed by atoms with E-state index in [4.69, 9.17) is 23.8 Å². The maximum absolute atomic E-state index is 12.1. The SMILES string of the molecule is O=C1NC(=S)S/C1=C/c1ccc(/C=C/C(=O)c2cccc(Cl)c2)cc1. The molecule has 1 amide bonds. The summed E-state index contributed by atoms with van der Waals surface area (Å²) in [5.41, 5.74) is 2.32. The molecule has 1 heterocycles. The van der Waals surface area contributed by atoms with E-state index in [1.807, 2.05) is 24.3 Å². The molecule has 25 heavy (non-hydrogen) atoms. The van der Waals surface area contributed by atoms with E-state index in [-0.39, 0.29) is 11.7 Å². The Kier molecular flexibility index (Phi) is 5.48. The van der Waals surface area contributed by atoms with Crippen LogP contribution in [0, 0.1) is 0 Å². The fourth-order valence-electron chi connectivity index (χ4n) is 2.19. The lowest BCUT2D eigenvalue weighted by atomic mass is 10.1. The fourth-order valence-corrected chi connectivity index (χ4v) is 3.42. The van der Waals surface area contributed by atoms with Gasteiger partial charge < -0.3 is 5.32 Å². The van der Waals surface area contributed by atoms with Crippen molar-refractivity contribution in [1.29, 1.82) is 0 Å². The van der Waals surface area contributed by atoms with E-state index in [0.717, 1.165) is 11.1 Å². The largest absolute Gasteiger partial charge is 0.307 e. The number of thiocarbonyl (C=S) groups is 1. The monoisotopic (exact) mass is 385 g/mol. The predicted octanol–water partition coefficient (Wildman–Crippen LogP) is 4.72. The topological polar surface area (TPSA) is 46.2 Å². The van der Waals surface area contributed by atoms with E-state index in [9.17, 15) is 9.59 Å². The van der Waals surface area contributed by atoms with Gasteiger partial charge in [-0.3, -0.25) is 9.59 Å². The highest BCUT2D eigenvalue weighted by molar-refractivity contribution is 8.26. The van der Waals surface area contributed by atoms with Crippen molar-refractivity contribution in [3.05, 3.63) is 81.2 Å². The van der Waals surface area contributed by atoms with Crippen LogP contribution < -0.4 is 5.32 Å². The summed E-state index contributed by atoms with van der Waals surface area (Å²) in [6, 6.07) is 14.4. The average molecular weight is 386 g/mol. The van der Waals surface area contributed by atoms with Gasteiger partial charge in [0, 0.05) is 10.6 Å². The maximum Gasteiger partial charge on any atom is 0.263 e. The zero-order chi connectivity index (χ0) is 17.8. The van der Waals surface area contributed by atoms with Gasteiger partial charge in [-0.1, -0.05) is 78.1 Å². The highest BCUT2D eigenvalue weighted by Gasteiger charge is 2.21. The number of carbonyl (C=O) groups excluding carboxylic acids is 2. The third kappa shape index (κ3) is 4.66. The minimum absolute atomic E-state index is 0.110. The summed E-state index contributed by atoms with van der Waals surface area (Å²) < 4.78 is 0.468. The lowest BCUT2D eigenvalue weighted by Gasteiger charge is -1.98. The quantitative estimate of drug-likeness (QED) is 0.469. The first kappa shape index (κ1) is 17.6. The normalized spacial score (nSPS) is 15.8. The van der Waals surface area contributed by atoms with Crippen molar-refractivity contribution >= 4 is 63.7 Å². The summed E-state index contributed by atoms with van der Waals surface area (Å²) in [7, 11) is 0. The van der Waals surface area contributed by atoms with Crippen molar-refractivity contribution in [2.45, 2.75) is 0 Å². The maximum atomic E-state index is 12.1. The van der Waals surface area contributed by atoms with Gasteiger partial charge in [0.15, 0.2) is 5.78 Å². The van der Waals surface area contributed by atoms with E-state index >= 15 is 0 Å². The Morgan fingerprint density at radius 1 is 1.12 bits per heavy atom. The van der Waals surface area contributed by atoms with Crippen molar-refractivity contribution in [3.8, 4) is 0 Å². The molecule has 0 unspecified atom stereocenters. The molecule has 3 nitrogen and oxygen atoms in total. The van der Waals surface area contributed by atoms with Gasteiger partial charge in [0.25, 0.3) is 5.91 Å². The van der Waals surface area contributed by atoms with Crippen LogP contribution in [-0.4, -0.2) is 16.0 Å². The van der Waals surface area contributed by atoms with Crippen LogP contribution in [0.4, 0.5) is 0 Å². The first-order valence-electron chi connectivity index (χ1n) is 7.34. The third-order valence-corrected chi connectivity index (χ3v) is 4.81. The number of ketones is 1. The molecule has 3 rings (SSSR count). The van der Waals surface area contributed by atoms with Crippen LogP contribution in [-0.2, 0) is 4.79 Å². The third-order valence-electron chi connectivity index (χ3n) is 3.41. The summed E-state index contributed by atoms with van der Waals surface area (Å²) in [5.74, 6) is -0.285. The van der Waals surface area contributed by atoms with E-state index in [2.05, 4.69) is 5.32 Å². The van der Waals surface area contributed by atoms with Gasteiger partial charge >= 0.3 is 0 Å². The molecule has 1 saturated heterocycles. The van der Waals surface area contributed by atoms with Gasteiger partial charge in [0.2, 0.25) is 0 Å². The number of halogens is 1. The van der Waals surface area contributed by atoms with E-state index in [0.29, 0.717) is 19.8 Å². The average Bonchev–Trinajstić information content (AvgIpc) is 2.91. The second-order valence-electron chi connectivity index (χ2n) is 5.23. The molecule has 0 saturated carbocycles. The number of allylic oxidation sites excluding steroid dienone is 1. The Morgan fingerprint density at radius 2 is 1.84 bits per heavy atom. The molecule has 0 bridgehead atoms. The number of amides is 1. The zero-order valence-electron chi connectivity index (χ0n) is 12.9. The Morgan fingerprint density at radius 3 is 2.48 bits per heavy atom. The Labute approximate surface area is 159 Å². The molecule has 0 aliphatic carbocycles. The van der Waals surface area contributed by atoms with Gasteiger partial charge in [-0.25, -0.2) is 0 Å². The number of nitrogens with one attached hydrogen (secondary N) is 1. The van der Waals surface area contributed by atoms with Crippen molar-refractivity contribution in [2.24, 2.45) is 0 Å². The van der Waals surface area contributed by atoms with Gasteiger partial charge in [-0.15, -0.1) is 0 Å². The number of carbonyl (C=O) groups is 2. The lowest BCUT2D eigenvalue weighted by molar-refractivity contribution is -0.115. The van der Waals surface area contributed by atoms with Crippen molar-refractivity contribution < 1.29 is 9.59 Å². The van der Waals surface area contributed by atoms with E-state index in [1.54, 1.807) is 36.4 Å². The van der Waals surface area contributed by atoms with Crippen LogP contribution >= 0.6 is 35.6 Å². The van der Waals surface area contributed by atoms with E-state index in [1.165, 1.54) is 17.8 Å². The molecule has 1 aliphatic rings. The van der Waals surface area contributed by atoms with Crippen molar-refractivity contribution in [2.75, 3.05) is 0 Å². The number of thioether (sulfide) groups is 1. The number of rotatable bonds is 4. The van der Waals surface area contributed by atoms with Crippen LogP contribution in [0.2, 0.25) is 5.02 Å². The van der Waals surface area contributed by atoms with Gasteiger partial charge in [0.1, 0.15) is 4.32 Å². The first-order valence-corrected chi connectivity index (χ1v) is 8.94. The smallest absolute Gasteiger partial charge is 0.263 e. The summed E-state index contributed by atoms with van der Waals surface area (Å²) in [4.78, 5) is 24.3. The number of hydrogen-bond donors (Lipinski definition) is 1. The van der Waals surface area contributed by atoms with Gasteiger partial charge in [-0.2, -0.15) is 0 Å². The molecule has 2 aromatic rings. The molecule has 1 N–H and O–H groups in total. The van der Waals surface area contributed by atoms with E-state index < -0.39 is 0 Å². The Balaban J connectivity index is 1.70. The molecule has 6 heteroatoms. The number of hydrogen-bond acceptors (Lipinski definition) is 4. The van der Waals surface area contributed by atoms with Crippen LogP contribution in [0.15, 0.2) is 59.5 Å². The predicted molar refractivity (Wildman–Crippen MR) is 108 cm³/mol. The van der Waals surface area contributed by atoms with Crippen molar-refractivity contribution in [3.63, 3.8) is 0 Å². The molecule has 0 spiro atoms. The van der Waals surface area contributed by atoms with Gasteiger partial charge in [0.05, 0.1) is 4.91 Å². The summed E-state index contributed by atoms with van der Waals surface area (Å²) >= 11 is 12.1. The number of benzene rings is 2. The van der Waals surface area contributed by atoms with Crippen molar-refractivity contribution in [1.82, 2.24) is 5.32 Å². The molecular formula is C19H12ClNO2S2. The standard InChI is InChI=1S/C19H12ClNO2S2/c20-15-3-1-2-14(11-15)16(22)9-8-12-4-6-13(7-5-12)10-17-18(23)21-19(24)25-17/h1-11H,(H,21,23,24)/b9-8+,17-10+. The molecule has 0 radical (unpaired) electrons. The molecule has 124 valence electrons. The van der Waals surface area contributed by atoms with Crippen LogP contribution in [0.5, 0.6) is 0 Å². The lowest BCUT2D eigenvalue weighted by Crippen LogP contribution is -2.17. The van der Waals surface area contributed by atoms with Gasteiger partial charge in [-0.05, 0) is 35.4 Å². The Hall–Kier alpha value is -2.21. The minimum Gasteiger partial charge on any atom is -0.307 e. The molecule has 0 atom stereocenters. The zero-order valence-corrected chi connectivity index (χ0v) is 15.3. The summed E-state index contributed by atoms with van der Waals surface area (Å²) in [6.45, 7) is 0. The fraction of sp³-hybridized carbons (Fsp3) is 0. The van der Waals surface area contributed by atoms with Crippen LogP contribution in [0.1, 0.15) is 21.5 Å². The highest BCUT2D eigenvalue weighted by Crippen LogP contribution is 2.25. The summed E-state index contributed by atoms with van der Waals surface area (Å²) in [6.07, 6.45) is 5.04. The van der Waals surface area contributed by atoms with Crippen LogP contribution in [0.25, 0.3) is 12.2 Å². The highest BCUT2D eigenvalue weighted by atomic mass is 35.5. The molecular weight excluding hydrogens is 374 g/mol. The molecule has 1 fully saturated rings.